The highest BCUT2D eigenvalue weighted by molar-refractivity contribution is 7.13. The Morgan fingerprint density at radius 3 is 2.42 bits per heavy atom. The summed E-state index contributed by atoms with van der Waals surface area (Å²) in [6, 6.07) is 11.2. The van der Waals surface area contributed by atoms with E-state index in [9.17, 15) is 9.59 Å². The molecular formula is C24H28N4O2S. The highest BCUT2D eigenvalue weighted by atomic mass is 32.1. The van der Waals surface area contributed by atoms with Crippen LogP contribution in [0.15, 0.2) is 24.3 Å². The Labute approximate surface area is 187 Å². The summed E-state index contributed by atoms with van der Waals surface area (Å²) in [6.45, 7) is 5.22. The lowest BCUT2D eigenvalue weighted by Gasteiger charge is -2.38. The van der Waals surface area contributed by atoms with Gasteiger partial charge in [-0.25, -0.2) is 0 Å². The molecule has 0 radical (unpaired) electrons. The largest absolute Gasteiger partial charge is 0.352 e. The number of hydrogen-bond donors (Lipinski definition) is 0. The van der Waals surface area contributed by atoms with Crippen molar-refractivity contribution < 1.29 is 9.59 Å². The van der Waals surface area contributed by atoms with Crippen LogP contribution >= 0.6 is 11.5 Å². The summed E-state index contributed by atoms with van der Waals surface area (Å²) in [5.74, 6) is 4.15. The van der Waals surface area contributed by atoms with Crippen LogP contribution in [0.1, 0.15) is 45.4 Å². The van der Waals surface area contributed by atoms with E-state index in [1.807, 2.05) is 13.0 Å². The first-order valence-electron chi connectivity index (χ1n) is 11.3. The SMILES string of the molecule is CC(C#CN1CCN(c2nsc3ccccc23)CC1)N1C(=O)CC2(CCCC2)CC1=O. The Morgan fingerprint density at radius 2 is 1.71 bits per heavy atom. The van der Waals surface area contributed by atoms with Crippen LogP contribution in [0.3, 0.4) is 0 Å². The van der Waals surface area contributed by atoms with E-state index in [0.717, 1.165) is 57.7 Å². The number of fused-ring (bicyclic) bond motifs is 1. The number of piperazine rings is 1. The van der Waals surface area contributed by atoms with Crippen molar-refractivity contribution in [3.05, 3.63) is 24.3 Å². The van der Waals surface area contributed by atoms with Crippen LogP contribution in [0, 0.1) is 17.4 Å². The first-order valence-corrected chi connectivity index (χ1v) is 12.0. The summed E-state index contributed by atoms with van der Waals surface area (Å²) in [5.41, 5.74) is -0.0615. The molecule has 1 aromatic carbocycles. The van der Waals surface area contributed by atoms with Crippen molar-refractivity contribution in [3.63, 3.8) is 0 Å². The van der Waals surface area contributed by atoms with Gasteiger partial charge >= 0.3 is 0 Å². The number of piperidine rings is 1. The number of rotatable bonds is 2. The Hall–Kier alpha value is -2.59. The number of anilines is 1. The highest BCUT2D eigenvalue weighted by Gasteiger charge is 2.46. The number of imide groups is 1. The van der Waals surface area contributed by atoms with Gasteiger partial charge in [-0.3, -0.25) is 14.5 Å². The molecule has 1 atom stereocenters. The van der Waals surface area contributed by atoms with Gasteiger partial charge in [-0.15, -0.1) is 0 Å². The molecule has 162 valence electrons. The molecule has 3 fully saturated rings. The van der Waals surface area contributed by atoms with Crippen LogP contribution in [0.5, 0.6) is 0 Å². The fourth-order valence-electron chi connectivity index (χ4n) is 5.30. The molecule has 2 amide bonds. The third kappa shape index (κ3) is 3.89. The minimum absolute atomic E-state index is 0.0415. The maximum atomic E-state index is 12.8. The van der Waals surface area contributed by atoms with Gasteiger partial charge in [0.15, 0.2) is 0 Å². The van der Waals surface area contributed by atoms with Gasteiger partial charge in [-0.1, -0.05) is 30.9 Å². The third-order valence-corrected chi connectivity index (χ3v) is 7.83. The molecule has 6 nitrogen and oxygen atoms in total. The lowest BCUT2D eigenvalue weighted by Crippen LogP contribution is -2.50. The van der Waals surface area contributed by atoms with Crippen molar-refractivity contribution in [1.29, 1.82) is 0 Å². The van der Waals surface area contributed by atoms with Crippen LogP contribution < -0.4 is 4.90 Å². The van der Waals surface area contributed by atoms with E-state index in [-0.39, 0.29) is 23.3 Å². The molecule has 2 saturated heterocycles. The molecule has 0 bridgehead atoms. The van der Waals surface area contributed by atoms with E-state index >= 15 is 0 Å². The minimum atomic E-state index is -0.376. The van der Waals surface area contributed by atoms with Crippen molar-refractivity contribution in [2.24, 2.45) is 5.41 Å². The second-order valence-electron chi connectivity index (χ2n) is 9.13. The van der Waals surface area contributed by atoms with Gasteiger partial charge in [-0.05, 0) is 48.8 Å². The first kappa shape index (κ1) is 20.3. The Morgan fingerprint density at radius 1 is 1.03 bits per heavy atom. The zero-order valence-corrected chi connectivity index (χ0v) is 18.8. The highest BCUT2D eigenvalue weighted by Crippen LogP contribution is 2.47. The predicted octanol–water partition coefficient (Wildman–Crippen LogP) is 3.48. The van der Waals surface area contributed by atoms with Gasteiger partial charge in [0.1, 0.15) is 5.82 Å². The number of carbonyl (C=O) groups is 2. The molecule has 3 heterocycles. The van der Waals surface area contributed by atoms with Gasteiger partial charge in [-0.2, -0.15) is 4.37 Å². The van der Waals surface area contributed by atoms with Gasteiger partial charge in [0, 0.05) is 50.5 Å². The quantitative estimate of drug-likeness (QED) is 0.533. The Bertz CT molecular complexity index is 1030. The molecule has 7 heteroatoms. The lowest BCUT2D eigenvalue weighted by atomic mass is 9.76. The fourth-order valence-corrected chi connectivity index (χ4v) is 6.10. The molecule has 1 spiro atoms. The molecule has 2 aromatic rings. The molecule has 1 saturated carbocycles. The molecule has 1 unspecified atom stereocenters. The molecule has 31 heavy (non-hydrogen) atoms. The second kappa shape index (κ2) is 8.16. The van der Waals surface area contributed by atoms with E-state index < -0.39 is 0 Å². The van der Waals surface area contributed by atoms with Crippen LogP contribution in [0.4, 0.5) is 5.82 Å². The number of amides is 2. The van der Waals surface area contributed by atoms with Crippen LogP contribution in [0.25, 0.3) is 10.1 Å². The Kier molecular flexibility index (Phi) is 5.35. The second-order valence-corrected chi connectivity index (χ2v) is 9.93. The predicted molar refractivity (Wildman–Crippen MR) is 123 cm³/mol. The van der Waals surface area contributed by atoms with Gasteiger partial charge in [0.05, 0.1) is 10.7 Å². The van der Waals surface area contributed by atoms with E-state index in [1.165, 1.54) is 15.0 Å². The minimum Gasteiger partial charge on any atom is -0.352 e. The average molecular weight is 437 g/mol. The number of aromatic nitrogens is 1. The molecule has 5 rings (SSSR count). The molecule has 0 N–H and O–H groups in total. The number of likely N-dealkylation sites (tertiary alicyclic amines) is 1. The summed E-state index contributed by atoms with van der Waals surface area (Å²) in [5, 5.41) is 1.21. The third-order valence-electron chi connectivity index (χ3n) is 7.01. The topological polar surface area (TPSA) is 56.8 Å². The van der Waals surface area contributed by atoms with Crippen molar-refractivity contribution in [2.45, 2.75) is 51.5 Å². The number of nitrogens with zero attached hydrogens (tertiary/aromatic N) is 4. The maximum Gasteiger partial charge on any atom is 0.230 e. The maximum absolute atomic E-state index is 12.8. The summed E-state index contributed by atoms with van der Waals surface area (Å²) in [4.78, 5) is 31.3. The van der Waals surface area contributed by atoms with Crippen molar-refractivity contribution in [2.75, 3.05) is 31.1 Å². The fraction of sp³-hybridized carbons (Fsp3) is 0.542. The zero-order valence-electron chi connectivity index (χ0n) is 18.0. The summed E-state index contributed by atoms with van der Waals surface area (Å²) >= 11 is 1.54. The number of benzene rings is 1. The van der Waals surface area contributed by atoms with Crippen molar-refractivity contribution >= 4 is 39.3 Å². The summed E-state index contributed by atoms with van der Waals surface area (Å²) in [6.07, 6.45) is 5.31. The first-order chi connectivity index (χ1) is 15.0. The molecule has 2 aliphatic heterocycles. The Balaban J connectivity index is 1.20. The van der Waals surface area contributed by atoms with Crippen LogP contribution in [-0.2, 0) is 9.59 Å². The standard InChI is InChI=1S/C24H28N4O2S/c1-18(28-21(29)16-24(17-22(28)30)9-4-5-10-24)8-11-26-12-14-27(15-13-26)23-19-6-2-3-7-20(19)31-25-23/h2-3,6-7,18H,4-5,9-10,12-17H2,1H3. The number of carbonyl (C=O) groups excluding carboxylic acids is 2. The normalized spacial score (nSPS) is 22.2. The van der Waals surface area contributed by atoms with Gasteiger partial charge in [0.2, 0.25) is 11.8 Å². The molecule has 1 aliphatic carbocycles. The number of hydrogen-bond acceptors (Lipinski definition) is 6. The smallest absolute Gasteiger partial charge is 0.230 e. The van der Waals surface area contributed by atoms with E-state index in [4.69, 9.17) is 0 Å². The van der Waals surface area contributed by atoms with E-state index in [1.54, 1.807) is 11.5 Å². The molecule has 1 aromatic heterocycles. The summed E-state index contributed by atoms with van der Waals surface area (Å²) in [7, 11) is 0. The monoisotopic (exact) mass is 436 g/mol. The van der Waals surface area contributed by atoms with Crippen molar-refractivity contribution in [3.8, 4) is 12.0 Å². The molecular weight excluding hydrogens is 408 g/mol. The van der Waals surface area contributed by atoms with Gasteiger partial charge in [0.25, 0.3) is 0 Å². The average Bonchev–Trinajstić information content (AvgIpc) is 3.39. The summed E-state index contributed by atoms with van der Waals surface area (Å²) < 4.78 is 5.87. The van der Waals surface area contributed by atoms with Gasteiger partial charge < -0.3 is 9.80 Å². The molecule has 3 aliphatic rings. The van der Waals surface area contributed by atoms with Crippen LogP contribution in [-0.4, -0.2) is 58.2 Å². The zero-order chi connectivity index (χ0) is 21.4. The van der Waals surface area contributed by atoms with Crippen LogP contribution in [0.2, 0.25) is 0 Å². The lowest BCUT2D eigenvalue weighted by molar-refractivity contribution is -0.154. The van der Waals surface area contributed by atoms with E-state index in [0.29, 0.717) is 12.8 Å². The van der Waals surface area contributed by atoms with E-state index in [2.05, 4.69) is 44.3 Å². The van der Waals surface area contributed by atoms with Crippen molar-refractivity contribution in [1.82, 2.24) is 14.2 Å².